The smallest absolute Gasteiger partial charge is 0.0654 e. The van der Waals surface area contributed by atoms with E-state index in [1.54, 1.807) is 0 Å². The second kappa shape index (κ2) is 1.74. The van der Waals surface area contributed by atoms with Gasteiger partial charge < -0.3 is 10.1 Å². The summed E-state index contributed by atoms with van der Waals surface area (Å²) in [4.78, 5) is 0. The molecule has 1 spiro atoms. The summed E-state index contributed by atoms with van der Waals surface area (Å²) in [5.41, 5.74) is 0.832. The van der Waals surface area contributed by atoms with Crippen molar-refractivity contribution in [3.8, 4) is 0 Å². The highest BCUT2D eigenvalue weighted by Crippen LogP contribution is 2.56. The van der Waals surface area contributed by atoms with E-state index in [0.29, 0.717) is 11.0 Å². The van der Waals surface area contributed by atoms with Crippen molar-refractivity contribution < 1.29 is 4.74 Å². The molecule has 0 aromatic carbocycles. The third-order valence-electron chi connectivity index (χ3n) is 2.97. The van der Waals surface area contributed by atoms with Crippen LogP contribution in [0.2, 0.25) is 0 Å². The second-order valence-corrected chi connectivity index (χ2v) is 4.12. The Kier molecular flexibility index (Phi) is 1.15. The van der Waals surface area contributed by atoms with Gasteiger partial charge in [0.1, 0.15) is 0 Å². The van der Waals surface area contributed by atoms with Gasteiger partial charge in [-0.05, 0) is 11.8 Å². The molecule has 1 saturated heterocycles. The van der Waals surface area contributed by atoms with Crippen LogP contribution in [0.4, 0.5) is 0 Å². The second-order valence-electron chi connectivity index (χ2n) is 4.12. The van der Waals surface area contributed by atoms with E-state index in [1.165, 1.54) is 6.42 Å². The number of rotatable bonds is 0. The maximum Gasteiger partial charge on any atom is 0.0654 e. The lowest BCUT2D eigenvalue weighted by Gasteiger charge is -2.26. The minimum atomic E-state index is 0.352. The quantitative estimate of drug-likeness (QED) is 0.538. The summed E-state index contributed by atoms with van der Waals surface area (Å²) in [6.07, 6.45) is 1.28. The van der Waals surface area contributed by atoms with E-state index in [0.717, 1.165) is 19.8 Å². The van der Waals surface area contributed by atoms with Crippen LogP contribution >= 0.6 is 0 Å². The van der Waals surface area contributed by atoms with Crippen LogP contribution < -0.4 is 5.32 Å². The molecule has 0 bridgehead atoms. The largest absolute Gasteiger partial charge is 0.378 e. The van der Waals surface area contributed by atoms with Gasteiger partial charge in [-0.1, -0.05) is 13.8 Å². The number of hydrogen-bond acceptors (Lipinski definition) is 2. The van der Waals surface area contributed by atoms with E-state index in [1.807, 2.05) is 0 Å². The van der Waals surface area contributed by atoms with E-state index in [2.05, 4.69) is 19.2 Å². The van der Waals surface area contributed by atoms with E-state index in [-0.39, 0.29) is 0 Å². The van der Waals surface area contributed by atoms with Crippen molar-refractivity contribution in [3.63, 3.8) is 0 Å². The highest BCUT2D eigenvalue weighted by atomic mass is 16.5. The van der Waals surface area contributed by atoms with E-state index < -0.39 is 0 Å². The molecule has 2 nitrogen and oxygen atoms in total. The van der Waals surface area contributed by atoms with Gasteiger partial charge in [0.2, 0.25) is 0 Å². The first-order valence-electron chi connectivity index (χ1n) is 3.99. The van der Waals surface area contributed by atoms with Crippen molar-refractivity contribution in [3.05, 3.63) is 0 Å². The predicted molar refractivity (Wildman–Crippen MR) is 40.0 cm³/mol. The highest BCUT2D eigenvalue weighted by molar-refractivity contribution is 5.17. The van der Waals surface area contributed by atoms with Crippen LogP contribution in [0.25, 0.3) is 0 Å². The molecule has 2 rings (SSSR count). The normalized spacial score (nSPS) is 43.8. The third kappa shape index (κ3) is 0.722. The molecule has 1 aliphatic carbocycles. The predicted octanol–water partition coefficient (Wildman–Crippen LogP) is 0.775. The van der Waals surface area contributed by atoms with Crippen LogP contribution in [-0.2, 0) is 4.74 Å². The molecule has 10 heavy (non-hydrogen) atoms. The molecule has 2 heteroatoms. The molecule has 1 heterocycles. The molecule has 2 fully saturated rings. The van der Waals surface area contributed by atoms with Gasteiger partial charge >= 0.3 is 0 Å². The molecule has 0 aromatic heterocycles. The van der Waals surface area contributed by atoms with Crippen molar-refractivity contribution in [2.24, 2.45) is 5.41 Å². The van der Waals surface area contributed by atoms with Crippen molar-refractivity contribution in [1.29, 1.82) is 0 Å². The summed E-state index contributed by atoms with van der Waals surface area (Å²) in [6.45, 7) is 7.44. The molecule has 58 valence electrons. The Labute approximate surface area is 61.9 Å². The molecule has 1 aliphatic heterocycles. The Morgan fingerprint density at radius 1 is 1.40 bits per heavy atom. The first kappa shape index (κ1) is 6.62. The Hall–Kier alpha value is -0.0800. The molecule has 1 atom stereocenters. The van der Waals surface area contributed by atoms with Crippen molar-refractivity contribution in [2.45, 2.75) is 25.8 Å². The van der Waals surface area contributed by atoms with Crippen LogP contribution in [0.1, 0.15) is 20.3 Å². The summed E-state index contributed by atoms with van der Waals surface area (Å²) in [7, 11) is 0. The zero-order valence-corrected chi connectivity index (χ0v) is 6.74. The van der Waals surface area contributed by atoms with Crippen molar-refractivity contribution in [1.82, 2.24) is 5.32 Å². The topological polar surface area (TPSA) is 21.3 Å². The fourth-order valence-electron chi connectivity index (χ4n) is 1.92. The number of hydrogen-bond donors (Lipinski definition) is 1. The minimum Gasteiger partial charge on any atom is -0.378 e. The standard InChI is InChI=1S/C8H15NO/c1-7(2)5-8(7)6-10-4-3-9-8/h9H,3-6H2,1-2H3/t8-/m1/s1. The average molecular weight is 141 g/mol. The lowest BCUT2D eigenvalue weighted by Crippen LogP contribution is -2.46. The first-order valence-corrected chi connectivity index (χ1v) is 3.99. The maximum absolute atomic E-state index is 5.42. The Morgan fingerprint density at radius 3 is 2.40 bits per heavy atom. The van der Waals surface area contributed by atoms with Crippen molar-refractivity contribution in [2.75, 3.05) is 19.8 Å². The summed E-state index contributed by atoms with van der Waals surface area (Å²) in [5, 5.41) is 3.53. The fourth-order valence-corrected chi connectivity index (χ4v) is 1.92. The fraction of sp³-hybridized carbons (Fsp3) is 1.00. The molecular formula is C8H15NO. The maximum atomic E-state index is 5.42. The summed E-state index contributed by atoms with van der Waals surface area (Å²) in [5.74, 6) is 0. The van der Waals surface area contributed by atoms with E-state index in [4.69, 9.17) is 4.74 Å². The summed E-state index contributed by atoms with van der Waals surface area (Å²) >= 11 is 0. The number of morpholine rings is 1. The van der Waals surface area contributed by atoms with Gasteiger partial charge in [-0.3, -0.25) is 0 Å². The first-order chi connectivity index (χ1) is 4.66. The molecule has 0 unspecified atom stereocenters. The van der Waals surface area contributed by atoms with Gasteiger partial charge in [-0.2, -0.15) is 0 Å². The lowest BCUT2D eigenvalue weighted by atomic mass is 10.1. The molecule has 2 aliphatic rings. The average Bonchev–Trinajstić information content (AvgIpc) is 2.36. The van der Waals surface area contributed by atoms with Gasteiger partial charge in [-0.25, -0.2) is 0 Å². The number of nitrogens with one attached hydrogen (secondary N) is 1. The molecular weight excluding hydrogens is 126 g/mol. The molecule has 0 radical (unpaired) electrons. The zero-order chi connectivity index (χ0) is 7.24. The SMILES string of the molecule is CC1(C)C[C@@]12COCCN2. The lowest BCUT2D eigenvalue weighted by molar-refractivity contribution is 0.0552. The van der Waals surface area contributed by atoms with Crippen LogP contribution in [0.3, 0.4) is 0 Å². The number of ether oxygens (including phenoxy) is 1. The monoisotopic (exact) mass is 141 g/mol. The van der Waals surface area contributed by atoms with Crippen molar-refractivity contribution >= 4 is 0 Å². The summed E-state index contributed by atoms with van der Waals surface area (Å²) < 4.78 is 5.42. The Bertz CT molecular complexity index is 147. The molecule has 0 aromatic rings. The Balaban J connectivity index is 2.05. The zero-order valence-electron chi connectivity index (χ0n) is 6.74. The van der Waals surface area contributed by atoms with Crippen LogP contribution in [0.5, 0.6) is 0 Å². The highest BCUT2D eigenvalue weighted by Gasteiger charge is 2.61. The van der Waals surface area contributed by atoms with E-state index in [9.17, 15) is 0 Å². The van der Waals surface area contributed by atoms with Crippen LogP contribution in [-0.4, -0.2) is 25.3 Å². The van der Waals surface area contributed by atoms with Gasteiger partial charge in [0, 0.05) is 12.1 Å². The Morgan fingerprint density at radius 2 is 2.10 bits per heavy atom. The molecule has 1 saturated carbocycles. The van der Waals surface area contributed by atoms with E-state index >= 15 is 0 Å². The van der Waals surface area contributed by atoms with Crippen LogP contribution in [0, 0.1) is 5.41 Å². The van der Waals surface area contributed by atoms with Gasteiger partial charge in [0.25, 0.3) is 0 Å². The molecule has 0 amide bonds. The third-order valence-corrected chi connectivity index (χ3v) is 2.97. The van der Waals surface area contributed by atoms with Gasteiger partial charge in [0.05, 0.1) is 13.2 Å². The minimum absolute atomic E-state index is 0.352. The summed E-state index contributed by atoms with van der Waals surface area (Å²) in [6, 6.07) is 0. The molecule has 1 N–H and O–H groups in total. The van der Waals surface area contributed by atoms with Gasteiger partial charge in [0.15, 0.2) is 0 Å². The van der Waals surface area contributed by atoms with Crippen LogP contribution in [0.15, 0.2) is 0 Å². The van der Waals surface area contributed by atoms with Gasteiger partial charge in [-0.15, -0.1) is 0 Å².